The second-order valence-electron chi connectivity index (χ2n) is 4.81. The van der Waals surface area contributed by atoms with Crippen molar-refractivity contribution in [1.82, 2.24) is 14.8 Å². The first-order valence-electron chi connectivity index (χ1n) is 6.09. The van der Waals surface area contributed by atoms with E-state index in [1.165, 1.54) is 6.07 Å². The normalized spacial score (nSPS) is 18.7. The van der Waals surface area contributed by atoms with Gasteiger partial charge in [0.2, 0.25) is 0 Å². The molecule has 1 atom stereocenters. The van der Waals surface area contributed by atoms with Gasteiger partial charge >= 0.3 is 0 Å². The maximum absolute atomic E-state index is 13.6. The van der Waals surface area contributed by atoms with Crippen LogP contribution in [0.1, 0.15) is 17.8 Å². The van der Waals surface area contributed by atoms with Crippen LogP contribution >= 0.6 is 0 Å². The number of aryl methyl sites for hydroxylation is 2. The summed E-state index contributed by atoms with van der Waals surface area (Å²) in [5.74, 6) is 1.43. The minimum Gasteiger partial charge on any atom is -0.326 e. The van der Waals surface area contributed by atoms with Crippen molar-refractivity contribution in [1.29, 1.82) is 0 Å². The van der Waals surface area contributed by atoms with Crippen molar-refractivity contribution < 1.29 is 4.39 Å². The standard InChI is InChI=1S/C13H15FN4/c1-8-2-3-9(6-11(8)14)13-17-16-12-5-4-10(15)7-18(12)13/h2-3,6,10H,4-5,7,15H2,1H3. The largest absolute Gasteiger partial charge is 0.326 e. The highest BCUT2D eigenvalue weighted by Crippen LogP contribution is 2.24. The van der Waals surface area contributed by atoms with Crippen LogP contribution in [-0.4, -0.2) is 20.8 Å². The molecule has 2 aromatic rings. The number of fused-ring (bicyclic) bond motifs is 1. The van der Waals surface area contributed by atoms with Crippen LogP contribution in [0.4, 0.5) is 4.39 Å². The zero-order chi connectivity index (χ0) is 12.7. The van der Waals surface area contributed by atoms with Crippen LogP contribution < -0.4 is 5.73 Å². The van der Waals surface area contributed by atoms with Crippen molar-refractivity contribution in [3.05, 3.63) is 35.4 Å². The van der Waals surface area contributed by atoms with E-state index in [0.29, 0.717) is 17.9 Å². The lowest BCUT2D eigenvalue weighted by Crippen LogP contribution is -2.32. The summed E-state index contributed by atoms with van der Waals surface area (Å²) in [6, 6.07) is 5.26. The fourth-order valence-corrected chi connectivity index (χ4v) is 2.30. The van der Waals surface area contributed by atoms with Gasteiger partial charge in [-0.05, 0) is 25.0 Å². The first kappa shape index (κ1) is 11.3. The van der Waals surface area contributed by atoms with E-state index in [0.717, 1.165) is 24.2 Å². The summed E-state index contributed by atoms with van der Waals surface area (Å²) in [4.78, 5) is 0. The van der Waals surface area contributed by atoms with Gasteiger partial charge in [0, 0.05) is 24.6 Å². The van der Waals surface area contributed by atoms with Gasteiger partial charge < -0.3 is 10.3 Å². The van der Waals surface area contributed by atoms with Crippen LogP contribution in [0.3, 0.4) is 0 Å². The Labute approximate surface area is 105 Å². The fourth-order valence-electron chi connectivity index (χ4n) is 2.30. The maximum Gasteiger partial charge on any atom is 0.164 e. The number of nitrogens with two attached hydrogens (primary N) is 1. The molecule has 94 valence electrons. The van der Waals surface area contributed by atoms with Gasteiger partial charge in [-0.25, -0.2) is 4.39 Å². The SMILES string of the molecule is Cc1ccc(-c2nnc3n2CC(N)CC3)cc1F. The molecule has 2 N–H and O–H groups in total. The second-order valence-corrected chi connectivity index (χ2v) is 4.81. The van der Waals surface area contributed by atoms with Crippen molar-refractivity contribution >= 4 is 0 Å². The first-order valence-corrected chi connectivity index (χ1v) is 6.09. The third kappa shape index (κ3) is 1.80. The lowest BCUT2D eigenvalue weighted by Gasteiger charge is -2.20. The molecule has 0 aliphatic carbocycles. The molecule has 0 radical (unpaired) electrons. The number of halogens is 1. The van der Waals surface area contributed by atoms with Crippen LogP contribution in [0.25, 0.3) is 11.4 Å². The second kappa shape index (κ2) is 4.17. The van der Waals surface area contributed by atoms with Gasteiger partial charge in [-0.15, -0.1) is 10.2 Å². The molecule has 0 saturated carbocycles. The molecule has 3 rings (SSSR count). The zero-order valence-electron chi connectivity index (χ0n) is 10.2. The van der Waals surface area contributed by atoms with Crippen LogP contribution in [0.5, 0.6) is 0 Å². The Bertz CT molecular complexity index is 591. The highest BCUT2D eigenvalue weighted by Gasteiger charge is 2.21. The molecule has 0 spiro atoms. The Hall–Kier alpha value is -1.75. The molecule has 0 amide bonds. The number of nitrogens with zero attached hydrogens (tertiary/aromatic N) is 3. The van der Waals surface area contributed by atoms with Gasteiger partial charge in [0.05, 0.1) is 0 Å². The number of hydrogen-bond donors (Lipinski definition) is 1. The molecule has 1 aliphatic heterocycles. The quantitative estimate of drug-likeness (QED) is 0.832. The monoisotopic (exact) mass is 246 g/mol. The number of rotatable bonds is 1. The van der Waals surface area contributed by atoms with E-state index in [-0.39, 0.29) is 11.9 Å². The highest BCUT2D eigenvalue weighted by atomic mass is 19.1. The van der Waals surface area contributed by atoms with E-state index in [2.05, 4.69) is 10.2 Å². The molecule has 5 heteroatoms. The van der Waals surface area contributed by atoms with E-state index < -0.39 is 0 Å². The van der Waals surface area contributed by atoms with Crippen LogP contribution in [-0.2, 0) is 13.0 Å². The lowest BCUT2D eigenvalue weighted by molar-refractivity contribution is 0.456. The fraction of sp³-hybridized carbons (Fsp3) is 0.385. The molecule has 0 fully saturated rings. The van der Waals surface area contributed by atoms with Gasteiger partial charge in [-0.1, -0.05) is 12.1 Å². The number of benzene rings is 1. The van der Waals surface area contributed by atoms with Gasteiger partial charge in [0.15, 0.2) is 5.82 Å². The van der Waals surface area contributed by atoms with Gasteiger partial charge in [0.1, 0.15) is 11.6 Å². The van der Waals surface area contributed by atoms with Gasteiger partial charge in [-0.2, -0.15) is 0 Å². The van der Waals surface area contributed by atoms with E-state index in [1.54, 1.807) is 13.0 Å². The van der Waals surface area contributed by atoms with Crippen molar-refractivity contribution in [2.45, 2.75) is 32.4 Å². The summed E-state index contributed by atoms with van der Waals surface area (Å²) < 4.78 is 15.6. The molecule has 1 aromatic heterocycles. The Kier molecular flexibility index (Phi) is 2.63. The smallest absolute Gasteiger partial charge is 0.164 e. The topological polar surface area (TPSA) is 56.7 Å². The minimum absolute atomic E-state index is 0.127. The molecule has 0 saturated heterocycles. The minimum atomic E-state index is -0.218. The van der Waals surface area contributed by atoms with Crippen LogP contribution in [0, 0.1) is 12.7 Å². The Morgan fingerprint density at radius 1 is 1.39 bits per heavy atom. The summed E-state index contributed by atoms with van der Waals surface area (Å²) in [5, 5.41) is 8.32. The summed E-state index contributed by atoms with van der Waals surface area (Å²) in [7, 11) is 0. The van der Waals surface area contributed by atoms with E-state index in [4.69, 9.17) is 5.73 Å². The molecule has 1 aromatic carbocycles. The summed E-state index contributed by atoms with van der Waals surface area (Å²) in [6.45, 7) is 2.45. The summed E-state index contributed by atoms with van der Waals surface area (Å²) in [6.07, 6.45) is 1.77. The van der Waals surface area contributed by atoms with Crippen LogP contribution in [0.2, 0.25) is 0 Å². The third-order valence-corrected chi connectivity index (χ3v) is 3.41. The van der Waals surface area contributed by atoms with Gasteiger partial charge in [0.25, 0.3) is 0 Å². The molecule has 18 heavy (non-hydrogen) atoms. The number of hydrogen-bond acceptors (Lipinski definition) is 3. The van der Waals surface area contributed by atoms with Gasteiger partial charge in [-0.3, -0.25) is 0 Å². The molecule has 4 nitrogen and oxygen atoms in total. The van der Waals surface area contributed by atoms with Crippen LogP contribution in [0.15, 0.2) is 18.2 Å². The van der Waals surface area contributed by atoms with Crippen molar-refractivity contribution in [2.24, 2.45) is 5.73 Å². The molecular weight excluding hydrogens is 231 g/mol. The van der Waals surface area contributed by atoms with Crippen molar-refractivity contribution in [2.75, 3.05) is 0 Å². The predicted octanol–water partition coefficient (Wildman–Crippen LogP) is 1.67. The predicted molar refractivity (Wildman–Crippen MR) is 66.4 cm³/mol. The number of aromatic nitrogens is 3. The first-order chi connectivity index (χ1) is 8.65. The van der Waals surface area contributed by atoms with Crippen molar-refractivity contribution in [3.63, 3.8) is 0 Å². The average molecular weight is 246 g/mol. The summed E-state index contributed by atoms with van der Waals surface area (Å²) >= 11 is 0. The highest BCUT2D eigenvalue weighted by molar-refractivity contribution is 5.56. The Balaban J connectivity index is 2.07. The third-order valence-electron chi connectivity index (χ3n) is 3.41. The maximum atomic E-state index is 13.6. The Morgan fingerprint density at radius 3 is 3.00 bits per heavy atom. The average Bonchev–Trinajstić information content (AvgIpc) is 2.75. The Morgan fingerprint density at radius 2 is 2.22 bits per heavy atom. The molecule has 1 aliphatic rings. The van der Waals surface area contributed by atoms with Crippen molar-refractivity contribution in [3.8, 4) is 11.4 Å². The summed E-state index contributed by atoms with van der Waals surface area (Å²) in [5.41, 5.74) is 7.35. The molecule has 1 unspecified atom stereocenters. The van der Waals surface area contributed by atoms with E-state index >= 15 is 0 Å². The van der Waals surface area contributed by atoms with E-state index in [1.807, 2.05) is 10.6 Å². The molecule has 2 heterocycles. The lowest BCUT2D eigenvalue weighted by atomic mass is 10.1. The van der Waals surface area contributed by atoms with E-state index in [9.17, 15) is 4.39 Å². The molecule has 0 bridgehead atoms. The zero-order valence-corrected chi connectivity index (χ0v) is 10.2. The molecular formula is C13H15FN4.